The lowest BCUT2D eigenvalue weighted by Gasteiger charge is -2.20. The third-order valence-electron chi connectivity index (χ3n) is 2.78. The Hall–Kier alpha value is -2.10. The van der Waals surface area contributed by atoms with Crippen molar-refractivity contribution >= 4 is 11.9 Å². The molecule has 4 nitrogen and oxygen atoms in total. The van der Waals surface area contributed by atoms with Crippen LogP contribution in [0.5, 0.6) is 0 Å². The number of amides is 1. The summed E-state index contributed by atoms with van der Waals surface area (Å²) < 4.78 is 5.36. The number of rotatable bonds is 4. The number of aryl methyl sites for hydroxylation is 1. The van der Waals surface area contributed by atoms with E-state index in [-0.39, 0.29) is 11.8 Å². The van der Waals surface area contributed by atoms with Crippen molar-refractivity contribution < 1.29 is 9.21 Å². The van der Waals surface area contributed by atoms with Gasteiger partial charge in [-0.1, -0.05) is 44.2 Å². The molecule has 0 atom stereocenters. The molecule has 0 radical (unpaired) electrons. The Morgan fingerprint density at radius 3 is 2.53 bits per heavy atom. The molecule has 0 aliphatic heterocycles. The summed E-state index contributed by atoms with van der Waals surface area (Å²) in [4.78, 5) is 18.1. The number of hydrogen-bond acceptors (Lipinski definition) is 3. The SMILES string of the molecule is Cc1coc(N(Cc2ccccc2)C(=O)C(C)C)n1. The minimum absolute atomic E-state index is 0.00528. The van der Waals surface area contributed by atoms with Crippen LogP contribution in [0.25, 0.3) is 0 Å². The number of carbonyl (C=O) groups is 1. The number of oxazole rings is 1. The molecule has 0 spiro atoms. The molecule has 0 saturated carbocycles. The average Bonchev–Trinajstić information content (AvgIpc) is 2.83. The summed E-state index contributed by atoms with van der Waals surface area (Å²) in [5.41, 5.74) is 1.82. The standard InChI is InChI=1S/C15H18N2O2/c1-11(2)14(18)17(15-16-12(3)10-19-15)9-13-7-5-4-6-8-13/h4-8,10-11H,9H2,1-3H3. The molecule has 2 aromatic rings. The van der Waals surface area contributed by atoms with Crippen LogP contribution in [0.4, 0.5) is 6.01 Å². The highest BCUT2D eigenvalue weighted by atomic mass is 16.4. The molecule has 2 rings (SSSR count). The second-order valence-corrected chi connectivity index (χ2v) is 4.84. The number of nitrogens with zero attached hydrogens (tertiary/aromatic N) is 2. The maximum absolute atomic E-state index is 12.3. The fourth-order valence-electron chi connectivity index (χ4n) is 1.78. The first-order valence-electron chi connectivity index (χ1n) is 6.35. The van der Waals surface area contributed by atoms with Gasteiger partial charge in [-0.25, -0.2) is 0 Å². The van der Waals surface area contributed by atoms with Crippen LogP contribution >= 0.6 is 0 Å². The molecule has 0 unspecified atom stereocenters. The van der Waals surface area contributed by atoms with E-state index >= 15 is 0 Å². The summed E-state index contributed by atoms with van der Waals surface area (Å²) in [6.07, 6.45) is 1.56. The van der Waals surface area contributed by atoms with Crippen LogP contribution in [-0.2, 0) is 11.3 Å². The highest BCUT2D eigenvalue weighted by molar-refractivity contribution is 5.92. The summed E-state index contributed by atoms with van der Waals surface area (Å²) in [6.45, 7) is 6.05. The van der Waals surface area contributed by atoms with E-state index in [1.165, 1.54) is 0 Å². The molecule has 19 heavy (non-hydrogen) atoms. The minimum Gasteiger partial charge on any atom is -0.431 e. The first-order chi connectivity index (χ1) is 9.08. The lowest BCUT2D eigenvalue weighted by atomic mass is 10.1. The van der Waals surface area contributed by atoms with Gasteiger partial charge >= 0.3 is 6.01 Å². The van der Waals surface area contributed by atoms with E-state index in [1.807, 2.05) is 51.1 Å². The topological polar surface area (TPSA) is 46.3 Å². The van der Waals surface area contributed by atoms with Crippen molar-refractivity contribution in [1.82, 2.24) is 4.98 Å². The number of benzene rings is 1. The van der Waals surface area contributed by atoms with Crippen LogP contribution < -0.4 is 4.90 Å². The van der Waals surface area contributed by atoms with Crippen LogP contribution in [0.2, 0.25) is 0 Å². The van der Waals surface area contributed by atoms with E-state index in [0.29, 0.717) is 12.6 Å². The monoisotopic (exact) mass is 258 g/mol. The molecule has 0 fully saturated rings. The van der Waals surface area contributed by atoms with Crippen LogP contribution in [0.3, 0.4) is 0 Å². The molecule has 0 bridgehead atoms. The van der Waals surface area contributed by atoms with Crippen molar-refractivity contribution in [2.75, 3.05) is 4.90 Å². The lowest BCUT2D eigenvalue weighted by molar-refractivity contribution is -0.121. The minimum atomic E-state index is -0.101. The summed E-state index contributed by atoms with van der Waals surface area (Å²) in [5, 5.41) is 0. The van der Waals surface area contributed by atoms with E-state index in [2.05, 4.69) is 4.98 Å². The van der Waals surface area contributed by atoms with Gasteiger partial charge in [0, 0.05) is 5.92 Å². The van der Waals surface area contributed by atoms with Gasteiger partial charge in [-0.2, -0.15) is 4.98 Å². The average molecular weight is 258 g/mol. The molecule has 1 heterocycles. The fraction of sp³-hybridized carbons (Fsp3) is 0.333. The zero-order valence-electron chi connectivity index (χ0n) is 11.5. The van der Waals surface area contributed by atoms with Crippen molar-refractivity contribution in [1.29, 1.82) is 0 Å². The number of anilines is 1. The molecule has 0 aliphatic carbocycles. The molecule has 0 aliphatic rings. The molecular formula is C15H18N2O2. The van der Waals surface area contributed by atoms with Gasteiger partial charge in [-0.05, 0) is 12.5 Å². The quantitative estimate of drug-likeness (QED) is 0.846. The van der Waals surface area contributed by atoms with Gasteiger partial charge in [-0.3, -0.25) is 9.69 Å². The maximum atomic E-state index is 12.3. The number of aromatic nitrogens is 1. The molecule has 4 heteroatoms. The number of hydrogen-bond donors (Lipinski definition) is 0. The summed E-state index contributed by atoms with van der Waals surface area (Å²) in [5.74, 6) is -0.0957. The van der Waals surface area contributed by atoms with E-state index in [0.717, 1.165) is 11.3 Å². The molecule has 1 aromatic carbocycles. The van der Waals surface area contributed by atoms with Crippen LogP contribution in [0, 0.1) is 12.8 Å². The van der Waals surface area contributed by atoms with Gasteiger partial charge < -0.3 is 4.42 Å². The third-order valence-corrected chi connectivity index (χ3v) is 2.78. The van der Waals surface area contributed by atoms with Gasteiger partial charge in [0.25, 0.3) is 0 Å². The maximum Gasteiger partial charge on any atom is 0.304 e. The van der Waals surface area contributed by atoms with Crippen LogP contribution in [0.15, 0.2) is 41.0 Å². The Balaban J connectivity index is 2.27. The molecule has 1 amide bonds. The predicted octanol–water partition coefficient (Wildman–Crippen LogP) is 3.17. The smallest absolute Gasteiger partial charge is 0.304 e. The highest BCUT2D eigenvalue weighted by Crippen LogP contribution is 2.19. The zero-order chi connectivity index (χ0) is 13.8. The predicted molar refractivity (Wildman–Crippen MR) is 73.7 cm³/mol. The number of carbonyl (C=O) groups excluding carboxylic acids is 1. The second-order valence-electron chi connectivity index (χ2n) is 4.84. The highest BCUT2D eigenvalue weighted by Gasteiger charge is 2.23. The molecule has 0 N–H and O–H groups in total. The molecular weight excluding hydrogens is 240 g/mol. The third kappa shape index (κ3) is 3.22. The van der Waals surface area contributed by atoms with E-state index in [1.54, 1.807) is 11.2 Å². The normalized spacial score (nSPS) is 10.7. The molecule has 1 aromatic heterocycles. The molecule has 0 saturated heterocycles. The van der Waals surface area contributed by atoms with Gasteiger partial charge in [-0.15, -0.1) is 0 Å². The zero-order valence-corrected chi connectivity index (χ0v) is 11.5. The Morgan fingerprint density at radius 1 is 1.32 bits per heavy atom. The van der Waals surface area contributed by atoms with Crippen molar-refractivity contribution in [3.05, 3.63) is 47.9 Å². The van der Waals surface area contributed by atoms with Gasteiger partial charge in [0.15, 0.2) is 0 Å². The first-order valence-corrected chi connectivity index (χ1v) is 6.35. The van der Waals surface area contributed by atoms with Crippen molar-refractivity contribution in [2.24, 2.45) is 5.92 Å². The Labute approximate surface area is 113 Å². The van der Waals surface area contributed by atoms with Crippen molar-refractivity contribution in [3.8, 4) is 0 Å². The lowest BCUT2D eigenvalue weighted by Crippen LogP contribution is -2.34. The van der Waals surface area contributed by atoms with E-state index in [4.69, 9.17) is 4.42 Å². The van der Waals surface area contributed by atoms with Gasteiger partial charge in [0.1, 0.15) is 6.26 Å². The van der Waals surface area contributed by atoms with Crippen molar-refractivity contribution in [2.45, 2.75) is 27.3 Å². The summed E-state index contributed by atoms with van der Waals surface area (Å²) in [7, 11) is 0. The van der Waals surface area contributed by atoms with Crippen molar-refractivity contribution in [3.63, 3.8) is 0 Å². The Morgan fingerprint density at radius 2 is 2.00 bits per heavy atom. The first kappa shape index (κ1) is 13.3. The Kier molecular flexibility index (Phi) is 4.00. The largest absolute Gasteiger partial charge is 0.431 e. The fourth-order valence-corrected chi connectivity index (χ4v) is 1.78. The molecule has 100 valence electrons. The summed E-state index contributed by atoms with van der Waals surface area (Å²) >= 11 is 0. The van der Waals surface area contributed by atoms with Gasteiger partial charge in [0.05, 0.1) is 12.2 Å². The van der Waals surface area contributed by atoms with Crippen LogP contribution in [0.1, 0.15) is 25.1 Å². The Bertz CT molecular complexity index is 546. The van der Waals surface area contributed by atoms with Gasteiger partial charge in [0.2, 0.25) is 5.91 Å². The van der Waals surface area contributed by atoms with Crippen LogP contribution in [-0.4, -0.2) is 10.9 Å². The summed E-state index contributed by atoms with van der Waals surface area (Å²) in [6, 6.07) is 10.2. The van der Waals surface area contributed by atoms with E-state index < -0.39 is 0 Å². The second kappa shape index (κ2) is 5.69. The van der Waals surface area contributed by atoms with E-state index in [9.17, 15) is 4.79 Å².